The molecule has 0 fully saturated rings. The minimum Gasteiger partial charge on any atom is -0.481 e. The molecule has 0 saturated heterocycles. The zero-order valence-electron chi connectivity index (χ0n) is 10.1. The SMILES string of the molecule is CCNc1ncc(F)c(-c2ccc(OC)nc2)n1. The van der Waals surface area contributed by atoms with Crippen molar-refractivity contribution in [2.45, 2.75) is 6.92 Å². The number of hydrogen-bond donors (Lipinski definition) is 1. The van der Waals surface area contributed by atoms with Crippen molar-refractivity contribution in [2.24, 2.45) is 0 Å². The maximum Gasteiger partial charge on any atom is 0.223 e. The molecule has 1 N–H and O–H groups in total. The van der Waals surface area contributed by atoms with E-state index in [-0.39, 0.29) is 5.69 Å². The first kappa shape index (κ1) is 12.2. The van der Waals surface area contributed by atoms with Crippen LogP contribution in [0, 0.1) is 5.82 Å². The second kappa shape index (κ2) is 5.39. The first-order valence-electron chi connectivity index (χ1n) is 5.51. The summed E-state index contributed by atoms with van der Waals surface area (Å²) in [7, 11) is 1.52. The van der Waals surface area contributed by atoms with E-state index in [1.165, 1.54) is 13.3 Å². The van der Waals surface area contributed by atoms with Crippen LogP contribution in [0.25, 0.3) is 11.3 Å². The highest BCUT2D eigenvalue weighted by molar-refractivity contribution is 5.60. The molecule has 0 aliphatic carbocycles. The number of nitrogens with one attached hydrogen (secondary N) is 1. The predicted octanol–water partition coefficient (Wildman–Crippen LogP) is 2.12. The third kappa shape index (κ3) is 2.53. The van der Waals surface area contributed by atoms with E-state index in [0.717, 1.165) is 6.20 Å². The van der Waals surface area contributed by atoms with Crippen LogP contribution in [0.2, 0.25) is 0 Å². The van der Waals surface area contributed by atoms with Gasteiger partial charge in [0.15, 0.2) is 5.82 Å². The molecule has 0 spiro atoms. The molecule has 0 saturated carbocycles. The molecule has 94 valence electrons. The van der Waals surface area contributed by atoms with Crippen molar-refractivity contribution in [1.29, 1.82) is 0 Å². The van der Waals surface area contributed by atoms with Crippen LogP contribution in [0.15, 0.2) is 24.5 Å². The van der Waals surface area contributed by atoms with Gasteiger partial charge in [0.05, 0.1) is 13.3 Å². The molecule has 6 heteroatoms. The molecule has 0 unspecified atom stereocenters. The number of hydrogen-bond acceptors (Lipinski definition) is 5. The van der Waals surface area contributed by atoms with E-state index in [9.17, 15) is 4.39 Å². The van der Waals surface area contributed by atoms with Gasteiger partial charge >= 0.3 is 0 Å². The fourth-order valence-corrected chi connectivity index (χ4v) is 1.45. The highest BCUT2D eigenvalue weighted by Gasteiger charge is 2.09. The summed E-state index contributed by atoms with van der Waals surface area (Å²) in [6, 6.07) is 3.36. The molecule has 0 atom stereocenters. The van der Waals surface area contributed by atoms with Crippen molar-refractivity contribution in [2.75, 3.05) is 19.0 Å². The zero-order chi connectivity index (χ0) is 13.0. The number of rotatable bonds is 4. The number of halogens is 1. The largest absolute Gasteiger partial charge is 0.481 e. The zero-order valence-corrected chi connectivity index (χ0v) is 10.1. The first-order chi connectivity index (χ1) is 8.74. The number of pyridine rings is 1. The summed E-state index contributed by atoms with van der Waals surface area (Å²) in [4.78, 5) is 12.0. The highest BCUT2D eigenvalue weighted by Crippen LogP contribution is 2.21. The van der Waals surface area contributed by atoms with E-state index in [0.29, 0.717) is 23.9 Å². The van der Waals surface area contributed by atoms with Crippen molar-refractivity contribution in [1.82, 2.24) is 15.0 Å². The van der Waals surface area contributed by atoms with E-state index in [1.807, 2.05) is 6.92 Å². The highest BCUT2D eigenvalue weighted by atomic mass is 19.1. The van der Waals surface area contributed by atoms with Gasteiger partial charge in [-0.3, -0.25) is 0 Å². The topological polar surface area (TPSA) is 59.9 Å². The number of ether oxygens (including phenoxy) is 1. The van der Waals surface area contributed by atoms with Gasteiger partial charge in [-0.15, -0.1) is 0 Å². The van der Waals surface area contributed by atoms with E-state index in [1.54, 1.807) is 12.1 Å². The molecular weight excluding hydrogens is 235 g/mol. The summed E-state index contributed by atoms with van der Waals surface area (Å²) in [6.07, 6.45) is 2.66. The molecule has 0 radical (unpaired) electrons. The lowest BCUT2D eigenvalue weighted by Crippen LogP contribution is -2.04. The standard InChI is InChI=1S/C12H13FN4O/c1-3-14-12-16-7-9(13)11(17-12)8-4-5-10(18-2)15-6-8/h4-7H,3H2,1-2H3,(H,14,16,17). The monoisotopic (exact) mass is 248 g/mol. The van der Waals surface area contributed by atoms with Gasteiger partial charge in [-0.2, -0.15) is 0 Å². The molecule has 2 aromatic rings. The summed E-state index contributed by atoms with van der Waals surface area (Å²) >= 11 is 0. The maximum absolute atomic E-state index is 13.7. The van der Waals surface area contributed by atoms with Crippen molar-refractivity contribution < 1.29 is 9.13 Å². The molecule has 0 amide bonds. The fourth-order valence-electron chi connectivity index (χ4n) is 1.45. The Balaban J connectivity index is 2.38. The third-order valence-corrected chi connectivity index (χ3v) is 2.30. The molecule has 2 rings (SSSR count). The van der Waals surface area contributed by atoms with Crippen LogP contribution >= 0.6 is 0 Å². The van der Waals surface area contributed by atoms with Gasteiger partial charge < -0.3 is 10.1 Å². The van der Waals surface area contributed by atoms with Crippen LogP contribution in [0.1, 0.15) is 6.92 Å². The van der Waals surface area contributed by atoms with E-state index < -0.39 is 5.82 Å². The fraction of sp³-hybridized carbons (Fsp3) is 0.250. The average molecular weight is 248 g/mol. The van der Waals surface area contributed by atoms with Crippen LogP contribution in [-0.2, 0) is 0 Å². The van der Waals surface area contributed by atoms with E-state index in [4.69, 9.17) is 4.74 Å². The number of anilines is 1. The Morgan fingerprint density at radius 1 is 1.28 bits per heavy atom. The number of methoxy groups -OCH3 is 1. The summed E-state index contributed by atoms with van der Waals surface area (Å²) in [5.74, 6) is 0.383. The van der Waals surface area contributed by atoms with E-state index >= 15 is 0 Å². The normalized spacial score (nSPS) is 10.2. The lowest BCUT2D eigenvalue weighted by molar-refractivity contribution is 0.398. The smallest absolute Gasteiger partial charge is 0.223 e. The number of nitrogens with zero attached hydrogens (tertiary/aromatic N) is 3. The first-order valence-corrected chi connectivity index (χ1v) is 5.51. The summed E-state index contributed by atoms with van der Waals surface area (Å²) in [6.45, 7) is 2.59. The molecule has 0 bridgehead atoms. The van der Waals surface area contributed by atoms with Gasteiger partial charge in [0.1, 0.15) is 5.69 Å². The Labute approximate surface area is 104 Å². The van der Waals surface area contributed by atoms with Crippen molar-refractivity contribution in [3.63, 3.8) is 0 Å². The molecule has 2 aromatic heterocycles. The predicted molar refractivity (Wildman–Crippen MR) is 65.9 cm³/mol. The Kier molecular flexibility index (Phi) is 3.66. The van der Waals surface area contributed by atoms with Crippen LogP contribution in [-0.4, -0.2) is 28.6 Å². The number of aromatic nitrogens is 3. The molecule has 0 aliphatic rings. The molecular formula is C12H13FN4O. The second-order valence-electron chi connectivity index (χ2n) is 3.51. The van der Waals surface area contributed by atoms with Gasteiger partial charge in [-0.25, -0.2) is 19.3 Å². The lowest BCUT2D eigenvalue weighted by atomic mass is 10.2. The van der Waals surface area contributed by atoms with Crippen molar-refractivity contribution >= 4 is 5.95 Å². The third-order valence-electron chi connectivity index (χ3n) is 2.30. The van der Waals surface area contributed by atoms with Crippen LogP contribution in [0.5, 0.6) is 5.88 Å². The van der Waals surface area contributed by atoms with Gasteiger partial charge in [-0.1, -0.05) is 0 Å². The van der Waals surface area contributed by atoms with Crippen molar-refractivity contribution in [3.8, 4) is 17.1 Å². The van der Waals surface area contributed by atoms with Gasteiger partial charge in [0.25, 0.3) is 0 Å². The summed E-state index contributed by atoms with van der Waals surface area (Å²) < 4.78 is 18.6. The Hall–Kier alpha value is -2.24. The van der Waals surface area contributed by atoms with Gasteiger partial charge in [-0.05, 0) is 13.0 Å². The average Bonchev–Trinajstić information content (AvgIpc) is 2.41. The minimum absolute atomic E-state index is 0.219. The quantitative estimate of drug-likeness (QED) is 0.898. The molecule has 0 aromatic carbocycles. The Bertz CT molecular complexity index is 530. The Morgan fingerprint density at radius 2 is 2.11 bits per heavy atom. The summed E-state index contributed by atoms with van der Waals surface area (Å²) in [5.41, 5.74) is 0.797. The van der Waals surface area contributed by atoms with Gasteiger partial charge in [0.2, 0.25) is 11.8 Å². The van der Waals surface area contributed by atoms with Crippen LogP contribution < -0.4 is 10.1 Å². The minimum atomic E-state index is -0.483. The van der Waals surface area contributed by atoms with E-state index in [2.05, 4.69) is 20.3 Å². The Morgan fingerprint density at radius 3 is 2.72 bits per heavy atom. The maximum atomic E-state index is 13.7. The molecule has 18 heavy (non-hydrogen) atoms. The molecule has 2 heterocycles. The van der Waals surface area contributed by atoms with Gasteiger partial charge in [0, 0.05) is 24.4 Å². The van der Waals surface area contributed by atoms with Crippen molar-refractivity contribution in [3.05, 3.63) is 30.3 Å². The summed E-state index contributed by atoms with van der Waals surface area (Å²) in [5, 5.41) is 2.93. The second-order valence-corrected chi connectivity index (χ2v) is 3.51. The van der Waals surface area contributed by atoms with Crippen LogP contribution in [0.3, 0.4) is 0 Å². The van der Waals surface area contributed by atoms with Crippen LogP contribution in [0.4, 0.5) is 10.3 Å². The molecule has 0 aliphatic heterocycles. The lowest BCUT2D eigenvalue weighted by Gasteiger charge is -2.06. The molecule has 5 nitrogen and oxygen atoms in total.